The summed E-state index contributed by atoms with van der Waals surface area (Å²) < 4.78 is 0.923. The Labute approximate surface area is 120 Å². The van der Waals surface area contributed by atoms with Crippen molar-refractivity contribution < 1.29 is 4.79 Å². The van der Waals surface area contributed by atoms with Gasteiger partial charge in [0.25, 0.3) is 0 Å². The summed E-state index contributed by atoms with van der Waals surface area (Å²) in [6, 6.07) is 15.2. The molecule has 3 heteroatoms. The summed E-state index contributed by atoms with van der Waals surface area (Å²) in [6.45, 7) is 2.12. The van der Waals surface area contributed by atoms with Crippen molar-refractivity contribution in [3.63, 3.8) is 0 Å². The first-order chi connectivity index (χ1) is 8.70. The molecule has 0 saturated heterocycles. The van der Waals surface area contributed by atoms with Gasteiger partial charge in [-0.2, -0.15) is 0 Å². The maximum Gasteiger partial charge on any atom is 0.193 e. The van der Waals surface area contributed by atoms with Crippen molar-refractivity contribution in [3.8, 4) is 0 Å². The number of thioether (sulfide) groups is 1. The number of carbonyl (C=O) groups is 1. The molecule has 0 spiro atoms. The molecule has 0 heterocycles. The SMILES string of the molecule is CCSc1ccc(C(=O)c2cccc(Br)c2)cc1. The molecule has 0 unspecified atom stereocenters. The Bertz CT molecular complexity index is 549. The largest absolute Gasteiger partial charge is 0.289 e. The third-order valence-corrected chi connectivity index (χ3v) is 3.90. The van der Waals surface area contributed by atoms with Gasteiger partial charge in [0, 0.05) is 20.5 Å². The summed E-state index contributed by atoms with van der Waals surface area (Å²) in [7, 11) is 0. The highest BCUT2D eigenvalue weighted by molar-refractivity contribution is 9.10. The summed E-state index contributed by atoms with van der Waals surface area (Å²) in [5.74, 6) is 1.10. The number of halogens is 1. The van der Waals surface area contributed by atoms with Crippen LogP contribution in [0.2, 0.25) is 0 Å². The first-order valence-corrected chi connectivity index (χ1v) is 7.51. The molecule has 0 aliphatic heterocycles. The fourth-order valence-electron chi connectivity index (χ4n) is 1.67. The highest BCUT2D eigenvalue weighted by Gasteiger charge is 2.08. The molecular weight excluding hydrogens is 308 g/mol. The molecule has 0 radical (unpaired) electrons. The molecule has 0 saturated carbocycles. The number of carbonyl (C=O) groups excluding carboxylic acids is 1. The fourth-order valence-corrected chi connectivity index (χ4v) is 2.73. The number of rotatable bonds is 4. The van der Waals surface area contributed by atoms with E-state index in [4.69, 9.17) is 0 Å². The molecule has 92 valence electrons. The molecular formula is C15H13BrOS. The second-order valence-corrected chi connectivity index (χ2v) is 6.05. The van der Waals surface area contributed by atoms with Crippen LogP contribution in [0.4, 0.5) is 0 Å². The molecule has 0 amide bonds. The van der Waals surface area contributed by atoms with Gasteiger partial charge in [0.1, 0.15) is 0 Å². The third kappa shape index (κ3) is 3.24. The predicted octanol–water partition coefficient (Wildman–Crippen LogP) is 4.79. The summed E-state index contributed by atoms with van der Waals surface area (Å²) in [5, 5.41) is 0. The molecule has 2 rings (SSSR count). The monoisotopic (exact) mass is 320 g/mol. The predicted molar refractivity (Wildman–Crippen MR) is 80.4 cm³/mol. The van der Waals surface area contributed by atoms with E-state index >= 15 is 0 Å². The van der Waals surface area contributed by atoms with Crippen LogP contribution in [0.25, 0.3) is 0 Å². The lowest BCUT2D eigenvalue weighted by Gasteiger charge is -2.03. The van der Waals surface area contributed by atoms with E-state index in [0.29, 0.717) is 5.56 Å². The van der Waals surface area contributed by atoms with Gasteiger partial charge in [-0.3, -0.25) is 4.79 Å². The minimum absolute atomic E-state index is 0.0596. The van der Waals surface area contributed by atoms with E-state index in [1.165, 1.54) is 4.90 Å². The van der Waals surface area contributed by atoms with Crippen molar-refractivity contribution in [2.24, 2.45) is 0 Å². The van der Waals surface area contributed by atoms with Gasteiger partial charge >= 0.3 is 0 Å². The van der Waals surface area contributed by atoms with Crippen LogP contribution in [0, 0.1) is 0 Å². The summed E-state index contributed by atoms with van der Waals surface area (Å²) in [4.78, 5) is 13.4. The van der Waals surface area contributed by atoms with Crippen LogP contribution < -0.4 is 0 Å². The van der Waals surface area contributed by atoms with Gasteiger partial charge in [-0.25, -0.2) is 0 Å². The smallest absolute Gasteiger partial charge is 0.193 e. The summed E-state index contributed by atoms with van der Waals surface area (Å²) in [6.07, 6.45) is 0. The lowest BCUT2D eigenvalue weighted by molar-refractivity contribution is 0.103. The molecule has 0 aliphatic carbocycles. The van der Waals surface area contributed by atoms with E-state index in [1.54, 1.807) is 11.8 Å². The number of hydrogen-bond acceptors (Lipinski definition) is 2. The number of benzene rings is 2. The maximum atomic E-state index is 12.2. The Morgan fingerprint density at radius 1 is 1.11 bits per heavy atom. The topological polar surface area (TPSA) is 17.1 Å². The van der Waals surface area contributed by atoms with Crippen LogP contribution in [0.3, 0.4) is 0 Å². The molecule has 0 N–H and O–H groups in total. The zero-order valence-electron chi connectivity index (χ0n) is 10.0. The Morgan fingerprint density at radius 3 is 2.44 bits per heavy atom. The highest BCUT2D eigenvalue weighted by Crippen LogP contribution is 2.20. The van der Waals surface area contributed by atoms with Crippen molar-refractivity contribution in [1.82, 2.24) is 0 Å². The molecule has 1 nitrogen and oxygen atoms in total. The minimum atomic E-state index is 0.0596. The second-order valence-electron chi connectivity index (χ2n) is 3.80. The van der Waals surface area contributed by atoms with Crippen molar-refractivity contribution in [1.29, 1.82) is 0 Å². The van der Waals surface area contributed by atoms with E-state index in [9.17, 15) is 4.79 Å². The van der Waals surface area contributed by atoms with Gasteiger partial charge in [-0.05, 0) is 42.2 Å². The normalized spacial score (nSPS) is 10.3. The van der Waals surface area contributed by atoms with Crippen LogP contribution in [-0.2, 0) is 0 Å². The molecule has 0 aliphatic rings. The maximum absolute atomic E-state index is 12.2. The Hall–Kier alpha value is -1.06. The fraction of sp³-hybridized carbons (Fsp3) is 0.133. The average Bonchev–Trinajstić information content (AvgIpc) is 2.39. The molecule has 2 aromatic carbocycles. The van der Waals surface area contributed by atoms with Gasteiger partial charge in [-0.15, -0.1) is 11.8 Å². The van der Waals surface area contributed by atoms with E-state index in [1.807, 2.05) is 48.5 Å². The summed E-state index contributed by atoms with van der Waals surface area (Å²) in [5.41, 5.74) is 1.44. The van der Waals surface area contributed by atoms with Crippen LogP contribution in [-0.4, -0.2) is 11.5 Å². The number of ketones is 1. The Balaban J connectivity index is 2.23. The zero-order chi connectivity index (χ0) is 13.0. The molecule has 2 aromatic rings. The van der Waals surface area contributed by atoms with E-state index in [-0.39, 0.29) is 5.78 Å². The van der Waals surface area contributed by atoms with Crippen molar-refractivity contribution in [2.45, 2.75) is 11.8 Å². The summed E-state index contributed by atoms with van der Waals surface area (Å²) >= 11 is 5.15. The van der Waals surface area contributed by atoms with Gasteiger partial charge < -0.3 is 0 Å². The third-order valence-electron chi connectivity index (χ3n) is 2.51. The standard InChI is InChI=1S/C15H13BrOS/c1-2-18-14-8-6-11(7-9-14)15(17)12-4-3-5-13(16)10-12/h3-10H,2H2,1H3. The van der Waals surface area contributed by atoms with Crippen LogP contribution in [0.5, 0.6) is 0 Å². The minimum Gasteiger partial charge on any atom is -0.289 e. The zero-order valence-corrected chi connectivity index (χ0v) is 12.4. The van der Waals surface area contributed by atoms with Crippen molar-refractivity contribution >= 4 is 33.5 Å². The van der Waals surface area contributed by atoms with E-state index < -0.39 is 0 Å². The van der Waals surface area contributed by atoms with E-state index in [2.05, 4.69) is 22.9 Å². The number of hydrogen-bond donors (Lipinski definition) is 0. The van der Waals surface area contributed by atoms with E-state index in [0.717, 1.165) is 15.8 Å². The quantitative estimate of drug-likeness (QED) is 0.595. The van der Waals surface area contributed by atoms with Crippen molar-refractivity contribution in [3.05, 3.63) is 64.1 Å². The molecule has 0 bridgehead atoms. The molecule has 0 aromatic heterocycles. The van der Waals surface area contributed by atoms with Gasteiger partial charge in [-0.1, -0.05) is 35.0 Å². The van der Waals surface area contributed by atoms with Crippen LogP contribution in [0.1, 0.15) is 22.8 Å². The van der Waals surface area contributed by atoms with Gasteiger partial charge in [0.2, 0.25) is 0 Å². The van der Waals surface area contributed by atoms with Crippen LogP contribution >= 0.6 is 27.7 Å². The van der Waals surface area contributed by atoms with Crippen molar-refractivity contribution in [2.75, 3.05) is 5.75 Å². The highest BCUT2D eigenvalue weighted by atomic mass is 79.9. The Kier molecular flexibility index (Phi) is 4.61. The molecule has 0 fully saturated rings. The molecule has 18 heavy (non-hydrogen) atoms. The Morgan fingerprint density at radius 2 is 1.83 bits per heavy atom. The average molecular weight is 321 g/mol. The van der Waals surface area contributed by atoms with Gasteiger partial charge in [0.15, 0.2) is 5.78 Å². The van der Waals surface area contributed by atoms with Crippen LogP contribution in [0.15, 0.2) is 57.9 Å². The lowest BCUT2D eigenvalue weighted by atomic mass is 10.0. The molecule has 0 atom stereocenters. The first-order valence-electron chi connectivity index (χ1n) is 5.74. The van der Waals surface area contributed by atoms with Gasteiger partial charge in [0.05, 0.1) is 0 Å². The second kappa shape index (κ2) is 6.21. The lowest BCUT2D eigenvalue weighted by Crippen LogP contribution is -2.00. The first kappa shape index (κ1) is 13.4.